The Morgan fingerprint density at radius 1 is 0.789 bits per heavy atom. The number of carbonyl (C=O) groups excluding carboxylic acids is 1. The third-order valence-corrected chi connectivity index (χ3v) is 3.46. The van der Waals surface area contributed by atoms with Crippen LogP contribution in [-0.4, -0.2) is 5.78 Å². The van der Waals surface area contributed by atoms with Gasteiger partial charge in [0.15, 0.2) is 5.78 Å². The highest BCUT2D eigenvalue weighted by atomic mass is 16.4. The second-order valence-electron chi connectivity index (χ2n) is 4.54. The van der Waals surface area contributed by atoms with Gasteiger partial charge in [0.05, 0.1) is 0 Å². The van der Waals surface area contributed by atoms with Gasteiger partial charge in [-0.3, -0.25) is 4.79 Å². The molecule has 3 heteroatoms. The molecule has 1 heterocycles. The zero-order chi connectivity index (χ0) is 13.0. The molecule has 1 aliphatic carbocycles. The van der Waals surface area contributed by atoms with E-state index >= 15 is 0 Å². The number of fused-ring (bicyclic) bond motifs is 2. The topological polar surface area (TPSA) is 47.3 Å². The molecule has 0 radical (unpaired) electrons. The Hall–Kier alpha value is -2.68. The molecule has 0 aliphatic heterocycles. The molecule has 3 aromatic rings. The van der Waals surface area contributed by atoms with E-state index in [-0.39, 0.29) is 5.78 Å². The fraction of sp³-hybridized carbons (Fsp3) is 0. The first-order valence-electron chi connectivity index (χ1n) is 5.97. The van der Waals surface area contributed by atoms with Crippen LogP contribution in [0.15, 0.2) is 57.7 Å². The lowest BCUT2D eigenvalue weighted by Crippen LogP contribution is -2.12. The predicted molar refractivity (Wildman–Crippen MR) is 71.4 cm³/mol. The van der Waals surface area contributed by atoms with Crippen LogP contribution in [0, 0.1) is 0 Å². The average molecular weight is 248 g/mol. The largest absolute Gasteiger partial charge is 0.422 e. The van der Waals surface area contributed by atoms with E-state index in [0.29, 0.717) is 22.5 Å². The Labute approximate surface area is 108 Å². The van der Waals surface area contributed by atoms with Gasteiger partial charge >= 0.3 is 5.63 Å². The van der Waals surface area contributed by atoms with Crippen LogP contribution in [0.3, 0.4) is 0 Å². The van der Waals surface area contributed by atoms with Crippen LogP contribution in [0.1, 0.15) is 15.9 Å². The Kier molecular flexibility index (Phi) is 1.85. The van der Waals surface area contributed by atoms with Crippen molar-refractivity contribution < 1.29 is 9.21 Å². The molecule has 3 nitrogen and oxygen atoms in total. The van der Waals surface area contributed by atoms with Crippen LogP contribution in [0.25, 0.3) is 22.1 Å². The minimum atomic E-state index is -0.399. The van der Waals surface area contributed by atoms with Gasteiger partial charge in [0, 0.05) is 28.1 Å². The first-order valence-corrected chi connectivity index (χ1v) is 5.97. The molecule has 1 aliphatic rings. The summed E-state index contributed by atoms with van der Waals surface area (Å²) in [6.07, 6.45) is 0. The van der Waals surface area contributed by atoms with Gasteiger partial charge in [0.25, 0.3) is 0 Å². The summed E-state index contributed by atoms with van der Waals surface area (Å²) in [7, 11) is 0. The van der Waals surface area contributed by atoms with Gasteiger partial charge in [-0.1, -0.05) is 42.5 Å². The molecular formula is C16H8O3. The van der Waals surface area contributed by atoms with E-state index in [1.165, 1.54) is 6.07 Å². The number of carbonyl (C=O) groups is 1. The van der Waals surface area contributed by atoms with Gasteiger partial charge in [0.1, 0.15) is 5.76 Å². The zero-order valence-electron chi connectivity index (χ0n) is 9.84. The lowest BCUT2D eigenvalue weighted by molar-refractivity contribution is 0.103. The summed E-state index contributed by atoms with van der Waals surface area (Å²) in [5.41, 5.74) is 1.46. The van der Waals surface area contributed by atoms with Crippen LogP contribution in [-0.2, 0) is 0 Å². The normalized spacial score (nSPS) is 12.5. The highest BCUT2D eigenvalue weighted by Gasteiger charge is 2.26. The second-order valence-corrected chi connectivity index (χ2v) is 4.54. The van der Waals surface area contributed by atoms with Crippen LogP contribution >= 0.6 is 0 Å². The van der Waals surface area contributed by atoms with Crippen molar-refractivity contribution in [2.75, 3.05) is 0 Å². The van der Waals surface area contributed by atoms with E-state index in [1.54, 1.807) is 24.3 Å². The van der Waals surface area contributed by atoms with E-state index in [4.69, 9.17) is 4.42 Å². The number of hydrogen-bond acceptors (Lipinski definition) is 3. The summed E-state index contributed by atoms with van der Waals surface area (Å²) >= 11 is 0. The summed E-state index contributed by atoms with van der Waals surface area (Å²) in [6.45, 7) is 0. The van der Waals surface area contributed by atoms with Crippen molar-refractivity contribution in [2.45, 2.75) is 0 Å². The molecule has 0 bridgehead atoms. The first kappa shape index (κ1) is 10.3. The summed E-state index contributed by atoms with van der Waals surface area (Å²) in [5.74, 6) is 0.468. The Morgan fingerprint density at radius 2 is 1.53 bits per heavy atom. The number of ketones is 1. The lowest BCUT2D eigenvalue weighted by atomic mass is 9.87. The molecular weight excluding hydrogens is 240 g/mol. The minimum Gasteiger partial charge on any atom is -0.422 e. The Morgan fingerprint density at radius 3 is 2.37 bits per heavy atom. The molecule has 0 atom stereocenters. The smallest absolute Gasteiger partial charge is 0.336 e. The van der Waals surface area contributed by atoms with Crippen molar-refractivity contribution in [3.05, 3.63) is 70.1 Å². The molecule has 1 aromatic heterocycles. The number of rotatable bonds is 0. The summed E-state index contributed by atoms with van der Waals surface area (Å²) in [6, 6.07) is 14.0. The molecule has 0 fully saturated rings. The average Bonchev–Trinajstić information content (AvgIpc) is 2.44. The maximum absolute atomic E-state index is 12.5. The van der Waals surface area contributed by atoms with Crippen molar-refractivity contribution in [1.82, 2.24) is 0 Å². The Balaban J connectivity index is 2.31. The third kappa shape index (κ3) is 1.27. The first-order chi connectivity index (χ1) is 9.25. The van der Waals surface area contributed by atoms with E-state index in [2.05, 4.69) is 0 Å². The summed E-state index contributed by atoms with van der Waals surface area (Å²) in [5, 5.41) is 1.47. The molecule has 2 aromatic carbocycles. The minimum absolute atomic E-state index is 0.0254. The number of hydrogen-bond donors (Lipinski definition) is 0. The highest BCUT2D eigenvalue weighted by molar-refractivity contribution is 6.24. The van der Waals surface area contributed by atoms with E-state index in [1.807, 2.05) is 18.2 Å². The summed E-state index contributed by atoms with van der Waals surface area (Å²) in [4.78, 5) is 24.1. The van der Waals surface area contributed by atoms with Crippen molar-refractivity contribution in [1.29, 1.82) is 0 Å². The van der Waals surface area contributed by atoms with Gasteiger partial charge in [-0.25, -0.2) is 4.79 Å². The van der Waals surface area contributed by atoms with Crippen LogP contribution in [0.2, 0.25) is 0 Å². The molecule has 4 rings (SSSR count). The zero-order valence-corrected chi connectivity index (χ0v) is 9.84. The second kappa shape index (κ2) is 3.42. The van der Waals surface area contributed by atoms with E-state index in [9.17, 15) is 9.59 Å². The van der Waals surface area contributed by atoms with Crippen LogP contribution < -0.4 is 5.63 Å². The molecule has 0 saturated heterocycles. The Bertz CT molecular complexity index is 903. The SMILES string of the molecule is O=C1c2ccccc2-c2oc(=O)cc3cccc1c23. The van der Waals surface area contributed by atoms with Crippen molar-refractivity contribution >= 4 is 16.6 Å². The van der Waals surface area contributed by atoms with Gasteiger partial charge in [-0.15, -0.1) is 0 Å². The summed E-state index contributed by atoms with van der Waals surface area (Å²) < 4.78 is 5.34. The van der Waals surface area contributed by atoms with Crippen LogP contribution in [0.5, 0.6) is 0 Å². The maximum atomic E-state index is 12.5. The molecule has 90 valence electrons. The highest BCUT2D eigenvalue weighted by Crippen LogP contribution is 2.37. The quantitative estimate of drug-likeness (QED) is 0.480. The van der Waals surface area contributed by atoms with Gasteiger partial charge in [-0.2, -0.15) is 0 Å². The van der Waals surface area contributed by atoms with Gasteiger partial charge in [0.2, 0.25) is 0 Å². The molecule has 0 unspecified atom stereocenters. The fourth-order valence-corrected chi connectivity index (χ4v) is 2.65. The van der Waals surface area contributed by atoms with Crippen molar-refractivity contribution in [2.24, 2.45) is 0 Å². The fourth-order valence-electron chi connectivity index (χ4n) is 2.65. The number of benzene rings is 2. The molecule has 0 amide bonds. The maximum Gasteiger partial charge on any atom is 0.336 e. The standard InChI is InChI=1S/C16H8O3/c17-13-8-9-4-3-7-12-14(9)16(19-13)11-6-2-1-5-10(11)15(12)18/h1-8H. The van der Waals surface area contributed by atoms with Crippen molar-refractivity contribution in [3.8, 4) is 11.3 Å². The molecule has 0 saturated carbocycles. The van der Waals surface area contributed by atoms with Crippen LogP contribution in [0.4, 0.5) is 0 Å². The molecule has 19 heavy (non-hydrogen) atoms. The monoisotopic (exact) mass is 248 g/mol. The third-order valence-electron chi connectivity index (χ3n) is 3.46. The lowest BCUT2D eigenvalue weighted by Gasteiger charge is -2.17. The van der Waals surface area contributed by atoms with Gasteiger partial charge < -0.3 is 4.42 Å². The van der Waals surface area contributed by atoms with E-state index in [0.717, 1.165) is 10.8 Å². The van der Waals surface area contributed by atoms with Crippen molar-refractivity contribution in [3.63, 3.8) is 0 Å². The van der Waals surface area contributed by atoms with Gasteiger partial charge in [-0.05, 0) is 5.39 Å². The predicted octanol–water partition coefficient (Wildman–Crippen LogP) is 3.00. The van der Waals surface area contributed by atoms with E-state index < -0.39 is 5.63 Å². The molecule has 0 spiro atoms. The molecule has 0 N–H and O–H groups in total.